The largest absolute Gasteiger partial charge is 0.398 e. The second-order valence-corrected chi connectivity index (χ2v) is 5.00. The number of carbonyl (C=O) groups excluding carboxylic acids is 1. The van der Waals surface area contributed by atoms with Gasteiger partial charge in [-0.1, -0.05) is 0 Å². The Morgan fingerprint density at radius 1 is 1.58 bits per heavy atom. The third kappa shape index (κ3) is 3.44. The first kappa shape index (κ1) is 13.8. The number of nitrogens with zero attached hydrogens (tertiary/aromatic N) is 1. The molecule has 1 amide bonds. The SMILES string of the molecule is CN(CC1CCCOC1)C(=O)c1cc(F)ccc1N. The molecule has 1 heterocycles. The zero-order chi connectivity index (χ0) is 13.8. The average molecular weight is 266 g/mol. The van der Waals surface area contributed by atoms with Gasteiger partial charge in [-0.2, -0.15) is 0 Å². The van der Waals surface area contributed by atoms with Crippen LogP contribution < -0.4 is 5.73 Å². The number of halogens is 1. The van der Waals surface area contributed by atoms with Gasteiger partial charge in [0.15, 0.2) is 0 Å². The lowest BCUT2D eigenvalue weighted by Crippen LogP contribution is -2.35. The number of nitrogens with two attached hydrogens (primary N) is 1. The summed E-state index contributed by atoms with van der Waals surface area (Å²) in [5.74, 6) is -0.355. The molecular formula is C14H19FN2O2. The summed E-state index contributed by atoms with van der Waals surface area (Å²) >= 11 is 0. The molecule has 5 heteroatoms. The number of nitrogen functional groups attached to an aromatic ring is 1. The van der Waals surface area contributed by atoms with Crippen LogP contribution >= 0.6 is 0 Å². The van der Waals surface area contributed by atoms with Crippen LogP contribution in [0.3, 0.4) is 0 Å². The molecule has 0 saturated carbocycles. The molecule has 2 N–H and O–H groups in total. The predicted octanol–water partition coefficient (Wildman–Crippen LogP) is 1.91. The van der Waals surface area contributed by atoms with Crippen LogP contribution in [0, 0.1) is 11.7 Å². The second-order valence-electron chi connectivity index (χ2n) is 5.00. The number of amides is 1. The van der Waals surface area contributed by atoms with Gasteiger partial charge in [-0.05, 0) is 37.0 Å². The molecule has 1 aromatic rings. The van der Waals surface area contributed by atoms with Crippen molar-refractivity contribution >= 4 is 11.6 Å². The number of benzene rings is 1. The van der Waals surface area contributed by atoms with Crippen molar-refractivity contribution in [2.75, 3.05) is 32.5 Å². The van der Waals surface area contributed by atoms with E-state index in [9.17, 15) is 9.18 Å². The first-order chi connectivity index (χ1) is 9.08. The summed E-state index contributed by atoms with van der Waals surface area (Å²) in [5, 5.41) is 0. The summed E-state index contributed by atoms with van der Waals surface area (Å²) in [6, 6.07) is 3.85. The van der Waals surface area contributed by atoms with E-state index in [-0.39, 0.29) is 11.5 Å². The fourth-order valence-corrected chi connectivity index (χ4v) is 2.34. The van der Waals surface area contributed by atoms with Gasteiger partial charge in [0.05, 0.1) is 12.2 Å². The van der Waals surface area contributed by atoms with Crippen molar-refractivity contribution in [2.45, 2.75) is 12.8 Å². The first-order valence-corrected chi connectivity index (χ1v) is 6.46. The molecule has 0 bridgehead atoms. The highest BCUT2D eigenvalue weighted by molar-refractivity contribution is 5.98. The minimum Gasteiger partial charge on any atom is -0.398 e. The molecular weight excluding hydrogens is 247 g/mol. The van der Waals surface area contributed by atoms with E-state index in [4.69, 9.17) is 10.5 Å². The summed E-state index contributed by atoms with van der Waals surface area (Å²) in [5.41, 5.74) is 6.25. The number of hydrogen-bond acceptors (Lipinski definition) is 3. The molecule has 4 nitrogen and oxygen atoms in total. The summed E-state index contributed by atoms with van der Waals surface area (Å²) in [6.07, 6.45) is 2.07. The van der Waals surface area contributed by atoms with Gasteiger partial charge in [-0.25, -0.2) is 4.39 Å². The van der Waals surface area contributed by atoms with Gasteiger partial charge in [0, 0.05) is 25.9 Å². The smallest absolute Gasteiger partial charge is 0.255 e. The van der Waals surface area contributed by atoms with Gasteiger partial charge in [-0.15, -0.1) is 0 Å². The molecule has 1 atom stereocenters. The Morgan fingerprint density at radius 2 is 2.37 bits per heavy atom. The number of anilines is 1. The van der Waals surface area contributed by atoms with Crippen molar-refractivity contribution in [1.82, 2.24) is 4.90 Å². The molecule has 0 radical (unpaired) electrons. The highest BCUT2D eigenvalue weighted by Gasteiger charge is 2.21. The Bertz CT molecular complexity index is 459. The molecule has 1 aliphatic rings. The molecule has 1 aliphatic heterocycles. The number of rotatable bonds is 3. The Morgan fingerprint density at radius 3 is 3.05 bits per heavy atom. The minimum atomic E-state index is -0.452. The van der Waals surface area contributed by atoms with Crippen molar-refractivity contribution in [3.63, 3.8) is 0 Å². The number of ether oxygens (including phenoxy) is 1. The van der Waals surface area contributed by atoms with Gasteiger partial charge in [0.2, 0.25) is 0 Å². The van der Waals surface area contributed by atoms with Crippen molar-refractivity contribution in [3.8, 4) is 0 Å². The zero-order valence-corrected chi connectivity index (χ0v) is 11.1. The molecule has 0 spiro atoms. The minimum absolute atomic E-state index is 0.222. The summed E-state index contributed by atoms with van der Waals surface area (Å²) < 4.78 is 18.6. The molecule has 2 rings (SSSR count). The maximum Gasteiger partial charge on any atom is 0.255 e. The molecule has 19 heavy (non-hydrogen) atoms. The fourth-order valence-electron chi connectivity index (χ4n) is 2.34. The summed E-state index contributed by atoms with van der Waals surface area (Å²) in [7, 11) is 1.71. The van der Waals surface area contributed by atoms with E-state index in [1.807, 2.05) is 0 Å². The second kappa shape index (κ2) is 6.02. The average Bonchev–Trinajstić information content (AvgIpc) is 2.42. The molecule has 0 aromatic heterocycles. The van der Waals surface area contributed by atoms with E-state index in [1.165, 1.54) is 18.2 Å². The molecule has 1 unspecified atom stereocenters. The maximum absolute atomic E-state index is 13.2. The van der Waals surface area contributed by atoms with Gasteiger partial charge in [0.1, 0.15) is 5.82 Å². The Hall–Kier alpha value is -1.62. The van der Waals surface area contributed by atoms with E-state index in [0.29, 0.717) is 24.8 Å². The van der Waals surface area contributed by atoms with E-state index in [2.05, 4.69) is 0 Å². The van der Waals surface area contributed by atoms with E-state index in [0.717, 1.165) is 19.4 Å². The highest BCUT2D eigenvalue weighted by Crippen LogP contribution is 2.18. The normalized spacial score (nSPS) is 19.2. The lowest BCUT2D eigenvalue weighted by molar-refractivity contribution is 0.0388. The first-order valence-electron chi connectivity index (χ1n) is 6.46. The monoisotopic (exact) mass is 266 g/mol. The Balaban J connectivity index is 2.03. The van der Waals surface area contributed by atoms with Crippen LogP contribution in [-0.4, -0.2) is 37.6 Å². The number of carbonyl (C=O) groups is 1. The van der Waals surface area contributed by atoms with Gasteiger partial charge in [-0.3, -0.25) is 4.79 Å². The van der Waals surface area contributed by atoms with E-state index in [1.54, 1.807) is 11.9 Å². The topological polar surface area (TPSA) is 55.6 Å². The van der Waals surface area contributed by atoms with Crippen LogP contribution in [0.15, 0.2) is 18.2 Å². The Kier molecular flexibility index (Phi) is 4.37. The van der Waals surface area contributed by atoms with Crippen molar-refractivity contribution < 1.29 is 13.9 Å². The van der Waals surface area contributed by atoms with Crippen LogP contribution in [0.1, 0.15) is 23.2 Å². The molecule has 1 fully saturated rings. The van der Waals surface area contributed by atoms with Crippen molar-refractivity contribution in [1.29, 1.82) is 0 Å². The number of hydrogen-bond donors (Lipinski definition) is 1. The third-order valence-corrected chi connectivity index (χ3v) is 3.38. The van der Waals surface area contributed by atoms with E-state index >= 15 is 0 Å². The lowest BCUT2D eigenvalue weighted by Gasteiger charge is -2.27. The predicted molar refractivity (Wildman–Crippen MR) is 71.3 cm³/mol. The fraction of sp³-hybridized carbons (Fsp3) is 0.500. The van der Waals surface area contributed by atoms with Gasteiger partial charge in [0.25, 0.3) is 5.91 Å². The van der Waals surface area contributed by atoms with Crippen LogP contribution in [0.25, 0.3) is 0 Å². The van der Waals surface area contributed by atoms with E-state index < -0.39 is 5.82 Å². The summed E-state index contributed by atoms with van der Waals surface area (Å²) in [6.45, 7) is 2.08. The Labute approximate surface area is 112 Å². The molecule has 0 aliphatic carbocycles. The lowest BCUT2D eigenvalue weighted by atomic mass is 10.0. The van der Waals surface area contributed by atoms with Crippen LogP contribution in [0.4, 0.5) is 10.1 Å². The van der Waals surface area contributed by atoms with Crippen LogP contribution in [-0.2, 0) is 4.74 Å². The zero-order valence-electron chi connectivity index (χ0n) is 11.1. The van der Waals surface area contributed by atoms with Crippen LogP contribution in [0.2, 0.25) is 0 Å². The standard InChI is InChI=1S/C14H19FN2O2/c1-17(8-10-3-2-6-19-9-10)14(18)12-7-11(15)4-5-13(12)16/h4-5,7,10H,2-3,6,8-9,16H2,1H3. The molecule has 1 aromatic carbocycles. The van der Waals surface area contributed by atoms with Crippen molar-refractivity contribution in [2.24, 2.45) is 5.92 Å². The van der Waals surface area contributed by atoms with Gasteiger partial charge >= 0.3 is 0 Å². The quantitative estimate of drug-likeness (QED) is 0.850. The third-order valence-electron chi connectivity index (χ3n) is 3.38. The highest BCUT2D eigenvalue weighted by atomic mass is 19.1. The maximum atomic E-state index is 13.2. The van der Waals surface area contributed by atoms with Crippen molar-refractivity contribution in [3.05, 3.63) is 29.6 Å². The molecule has 1 saturated heterocycles. The van der Waals surface area contributed by atoms with Crippen LogP contribution in [0.5, 0.6) is 0 Å². The molecule has 104 valence electrons. The summed E-state index contributed by atoms with van der Waals surface area (Å²) in [4.78, 5) is 13.8. The van der Waals surface area contributed by atoms with Gasteiger partial charge < -0.3 is 15.4 Å².